The smallest absolute Gasteiger partial charge is 0.396 e. The Bertz CT molecular complexity index is 98.5. The molecule has 0 aliphatic rings. The summed E-state index contributed by atoms with van der Waals surface area (Å²) in [5.74, 6) is -0.316. The minimum Gasteiger partial charge on any atom is -0.396 e. The molecule has 0 bridgehead atoms. The molecule has 0 aliphatic carbocycles. The molecule has 0 aromatic heterocycles. The number of aliphatic hydroxyl groups is 1. The molecule has 0 radical (unpaired) electrons. The van der Waals surface area contributed by atoms with Crippen LogP contribution in [0.3, 0.4) is 0 Å². The standard InChI is InChI=1S/C6H11O3/c1-9-6(8)4-2-3-5-7/h7H,1-5H2/q+1. The summed E-state index contributed by atoms with van der Waals surface area (Å²) in [6.07, 6.45) is 1.67. The van der Waals surface area contributed by atoms with Crippen LogP contribution in [0, 0.1) is 0 Å². The molecule has 52 valence electrons. The van der Waals surface area contributed by atoms with Gasteiger partial charge in [-0.2, -0.15) is 0 Å². The fourth-order valence-electron chi connectivity index (χ4n) is 0.453. The van der Waals surface area contributed by atoms with Crippen molar-refractivity contribution in [3.8, 4) is 0 Å². The number of carbonyl (C=O) groups is 1. The van der Waals surface area contributed by atoms with Crippen molar-refractivity contribution in [2.75, 3.05) is 6.61 Å². The first-order valence-electron chi connectivity index (χ1n) is 2.87. The number of rotatable bonds is 4. The van der Waals surface area contributed by atoms with Crippen molar-refractivity contribution >= 4 is 12.8 Å². The van der Waals surface area contributed by atoms with Gasteiger partial charge in [-0.1, -0.05) is 0 Å². The fourth-order valence-corrected chi connectivity index (χ4v) is 0.453. The molecule has 0 saturated heterocycles. The molecule has 0 amide bonds. The van der Waals surface area contributed by atoms with E-state index in [1.54, 1.807) is 0 Å². The highest BCUT2D eigenvalue weighted by Gasteiger charge is 2.08. The molecule has 3 heteroatoms. The van der Waals surface area contributed by atoms with E-state index in [1.165, 1.54) is 0 Å². The molecular formula is C6H11O3+. The lowest BCUT2D eigenvalue weighted by molar-refractivity contribution is -0.369. The minimum absolute atomic E-state index is 0.129. The Kier molecular flexibility index (Phi) is 5.01. The second kappa shape index (κ2) is 5.44. The van der Waals surface area contributed by atoms with Crippen molar-refractivity contribution in [1.29, 1.82) is 0 Å². The summed E-state index contributed by atoms with van der Waals surface area (Å²) in [6.45, 7) is 3.08. The predicted octanol–water partition coefficient (Wildman–Crippen LogP) is 0.0400. The zero-order valence-corrected chi connectivity index (χ0v) is 5.30. The van der Waals surface area contributed by atoms with Crippen LogP contribution in [0.4, 0.5) is 0 Å². The third-order valence-corrected chi connectivity index (χ3v) is 0.950. The molecule has 0 saturated carbocycles. The Hall–Kier alpha value is -0.700. The normalized spacial score (nSPS) is 9.00. The third-order valence-electron chi connectivity index (χ3n) is 0.950. The summed E-state index contributed by atoms with van der Waals surface area (Å²) in [5.41, 5.74) is 0. The number of hydrogen-bond donors (Lipinski definition) is 1. The van der Waals surface area contributed by atoms with Crippen molar-refractivity contribution in [1.82, 2.24) is 0 Å². The Morgan fingerprint density at radius 1 is 1.56 bits per heavy atom. The maximum atomic E-state index is 10.3. The second-order valence-corrected chi connectivity index (χ2v) is 1.70. The average molecular weight is 131 g/mol. The lowest BCUT2D eigenvalue weighted by atomic mass is 10.2. The van der Waals surface area contributed by atoms with Crippen LogP contribution in [-0.4, -0.2) is 24.5 Å². The SMILES string of the molecule is C=[O+]C(=O)CCCCO. The van der Waals surface area contributed by atoms with Crippen molar-refractivity contribution in [2.24, 2.45) is 0 Å². The van der Waals surface area contributed by atoms with E-state index in [9.17, 15) is 4.79 Å². The molecule has 0 spiro atoms. The van der Waals surface area contributed by atoms with Crippen LogP contribution in [0.1, 0.15) is 19.3 Å². The molecule has 0 rings (SSSR count). The van der Waals surface area contributed by atoms with E-state index in [4.69, 9.17) is 5.11 Å². The maximum Gasteiger partial charge on any atom is 0.579 e. The van der Waals surface area contributed by atoms with Crippen LogP contribution in [0.15, 0.2) is 0 Å². The van der Waals surface area contributed by atoms with Crippen LogP contribution < -0.4 is 0 Å². The first-order chi connectivity index (χ1) is 4.31. The minimum atomic E-state index is -0.316. The van der Waals surface area contributed by atoms with Crippen LogP contribution in [0.2, 0.25) is 0 Å². The average Bonchev–Trinajstić information content (AvgIpc) is 1.89. The van der Waals surface area contributed by atoms with Crippen LogP contribution in [0.25, 0.3) is 0 Å². The van der Waals surface area contributed by atoms with Gasteiger partial charge in [-0.25, -0.2) is 0 Å². The van der Waals surface area contributed by atoms with E-state index in [1.807, 2.05) is 0 Å². The molecule has 0 unspecified atom stereocenters. The van der Waals surface area contributed by atoms with Crippen LogP contribution in [0.5, 0.6) is 0 Å². The van der Waals surface area contributed by atoms with Gasteiger partial charge in [-0.15, -0.1) is 0 Å². The third kappa shape index (κ3) is 5.17. The summed E-state index contributed by atoms with van der Waals surface area (Å²) in [6, 6.07) is 0. The Balaban J connectivity index is 3.07. The molecule has 0 fully saturated rings. The maximum absolute atomic E-state index is 10.3. The van der Waals surface area contributed by atoms with E-state index >= 15 is 0 Å². The molecule has 0 aliphatic heterocycles. The highest BCUT2D eigenvalue weighted by atomic mass is 16.4. The van der Waals surface area contributed by atoms with E-state index in [0.29, 0.717) is 19.3 Å². The first kappa shape index (κ1) is 8.30. The van der Waals surface area contributed by atoms with Crippen LogP contribution >= 0.6 is 0 Å². The molecule has 0 heterocycles. The molecule has 0 atom stereocenters. The Morgan fingerprint density at radius 3 is 2.67 bits per heavy atom. The molecule has 1 N–H and O–H groups in total. The lowest BCUT2D eigenvalue weighted by Crippen LogP contribution is -1.96. The van der Waals surface area contributed by atoms with Gasteiger partial charge >= 0.3 is 5.97 Å². The first-order valence-corrected chi connectivity index (χ1v) is 2.87. The van der Waals surface area contributed by atoms with Crippen molar-refractivity contribution in [2.45, 2.75) is 19.3 Å². The molecule has 0 aromatic rings. The van der Waals surface area contributed by atoms with Gasteiger partial charge in [0.15, 0.2) is 6.79 Å². The second-order valence-electron chi connectivity index (χ2n) is 1.70. The van der Waals surface area contributed by atoms with E-state index < -0.39 is 0 Å². The van der Waals surface area contributed by atoms with Crippen LogP contribution in [-0.2, 0) is 9.22 Å². The lowest BCUT2D eigenvalue weighted by Gasteiger charge is -1.85. The zero-order chi connectivity index (χ0) is 7.11. The summed E-state index contributed by atoms with van der Waals surface area (Å²) < 4.78 is 4.13. The van der Waals surface area contributed by atoms with Crippen molar-refractivity contribution in [3.05, 3.63) is 0 Å². The number of unbranched alkanes of at least 4 members (excludes halogenated alkanes) is 1. The number of aliphatic hydroxyl groups excluding tert-OH is 1. The summed E-state index contributed by atoms with van der Waals surface area (Å²) in [7, 11) is 0. The summed E-state index contributed by atoms with van der Waals surface area (Å²) in [4.78, 5) is 10.3. The van der Waals surface area contributed by atoms with Gasteiger partial charge in [0.05, 0.1) is 0 Å². The highest BCUT2D eigenvalue weighted by Crippen LogP contribution is 1.93. The molecule has 3 nitrogen and oxygen atoms in total. The number of carbonyl (C=O) groups excluding carboxylic acids is 2. The topological polar surface area (TPSA) is 48.6 Å². The van der Waals surface area contributed by atoms with Gasteiger partial charge in [-0.3, -0.25) is 4.42 Å². The fraction of sp³-hybridized carbons (Fsp3) is 0.667. The molecule has 9 heavy (non-hydrogen) atoms. The predicted molar refractivity (Wildman–Crippen MR) is 33.1 cm³/mol. The van der Waals surface area contributed by atoms with Gasteiger partial charge in [-0.05, 0) is 12.8 Å². The summed E-state index contributed by atoms with van der Waals surface area (Å²) in [5, 5.41) is 8.28. The van der Waals surface area contributed by atoms with Gasteiger partial charge in [0.25, 0.3) is 0 Å². The van der Waals surface area contributed by atoms with E-state index in [2.05, 4.69) is 11.2 Å². The van der Waals surface area contributed by atoms with Crippen molar-refractivity contribution in [3.63, 3.8) is 0 Å². The van der Waals surface area contributed by atoms with Gasteiger partial charge in [0.2, 0.25) is 0 Å². The van der Waals surface area contributed by atoms with E-state index in [0.717, 1.165) is 0 Å². The summed E-state index contributed by atoms with van der Waals surface area (Å²) >= 11 is 0. The molecular weight excluding hydrogens is 120 g/mol. The monoisotopic (exact) mass is 131 g/mol. The zero-order valence-electron chi connectivity index (χ0n) is 5.30. The largest absolute Gasteiger partial charge is 0.579 e. The van der Waals surface area contributed by atoms with Gasteiger partial charge in [0.1, 0.15) is 6.42 Å². The number of hydrogen-bond acceptors (Lipinski definition) is 2. The Morgan fingerprint density at radius 2 is 2.22 bits per heavy atom. The Labute approximate surface area is 54.0 Å². The van der Waals surface area contributed by atoms with E-state index in [-0.39, 0.29) is 12.6 Å². The molecule has 0 aromatic carbocycles. The van der Waals surface area contributed by atoms with Gasteiger partial charge in [0, 0.05) is 11.4 Å². The quantitative estimate of drug-likeness (QED) is 0.432. The highest BCUT2D eigenvalue weighted by molar-refractivity contribution is 5.66. The van der Waals surface area contributed by atoms with Crippen molar-refractivity contribution < 1.29 is 14.3 Å². The van der Waals surface area contributed by atoms with Gasteiger partial charge < -0.3 is 5.11 Å².